The van der Waals surface area contributed by atoms with Gasteiger partial charge in [-0.3, -0.25) is 19.1 Å². The van der Waals surface area contributed by atoms with Crippen LogP contribution in [-0.2, 0) is 4.79 Å². The third-order valence-corrected chi connectivity index (χ3v) is 5.84. The quantitative estimate of drug-likeness (QED) is 0.526. The summed E-state index contributed by atoms with van der Waals surface area (Å²) in [7, 11) is 0. The van der Waals surface area contributed by atoms with Gasteiger partial charge in [-0.1, -0.05) is 30.0 Å². The maximum absolute atomic E-state index is 13.1. The van der Waals surface area contributed by atoms with Crippen LogP contribution in [-0.4, -0.2) is 36.0 Å². The fraction of sp³-hybridized carbons (Fsp3) is 0.150. The first-order valence-corrected chi connectivity index (χ1v) is 10.1. The molecule has 0 radical (unpaired) electrons. The largest absolute Gasteiger partial charge is 0.325 e. The van der Waals surface area contributed by atoms with Crippen molar-refractivity contribution in [1.82, 2.24) is 24.3 Å². The first-order chi connectivity index (χ1) is 14.2. The lowest BCUT2D eigenvalue weighted by Crippen LogP contribution is -2.27. The van der Waals surface area contributed by atoms with Gasteiger partial charge in [0.05, 0.1) is 29.8 Å². The van der Waals surface area contributed by atoms with Crippen LogP contribution >= 0.6 is 11.8 Å². The molecule has 3 aromatic heterocycles. The van der Waals surface area contributed by atoms with Gasteiger partial charge in [0.2, 0.25) is 5.91 Å². The van der Waals surface area contributed by atoms with Gasteiger partial charge in [0.1, 0.15) is 5.39 Å². The van der Waals surface area contributed by atoms with Crippen molar-refractivity contribution in [2.24, 2.45) is 0 Å². The van der Waals surface area contributed by atoms with Crippen molar-refractivity contribution in [2.75, 3.05) is 11.1 Å². The zero-order valence-electron chi connectivity index (χ0n) is 15.2. The summed E-state index contributed by atoms with van der Waals surface area (Å²) in [6.45, 7) is 0. The van der Waals surface area contributed by atoms with Crippen LogP contribution in [0.5, 0.6) is 0 Å². The summed E-state index contributed by atoms with van der Waals surface area (Å²) in [6.07, 6.45) is 4.96. The Balaban J connectivity index is 1.46. The minimum Gasteiger partial charge on any atom is -0.325 e. The third-order valence-electron chi connectivity index (χ3n) is 4.74. The van der Waals surface area contributed by atoms with E-state index in [1.807, 2.05) is 30.3 Å². The molecule has 0 fully saturated rings. The topological polar surface area (TPSA) is 94.7 Å². The van der Waals surface area contributed by atoms with Gasteiger partial charge in [-0.25, -0.2) is 9.67 Å². The van der Waals surface area contributed by atoms with Crippen molar-refractivity contribution in [3.05, 3.63) is 71.4 Å². The van der Waals surface area contributed by atoms with Crippen LogP contribution < -0.4 is 10.9 Å². The second-order valence-corrected chi connectivity index (χ2v) is 7.64. The normalized spacial score (nSPS) is 15.4. The zero-order chi connectivity index (χ0) is 19.8. The van der Waals surface area contributed by atoms with Crippen LogP contribution in [0, 0.1) is 0 Å². The van der Waals surface area contributed by atoms with Gasteiger partial charge in [-0.2, -0.15) is 5.10 Å². The molecule has 9 heteroatoms. The van der Waals surface area contributed by atoms with Crippen molar-refractivity contribution < 1.29 is 4.79 Å². The van der Waals surface area contributed by atoms with Gasteiger partial charge in [0.25, 0.3) is 5.56 Å². The average molecular weight is 404 g/mol. The maximum atomic E-state index is 13.1. The monoisotopic (exact) mass is 404 g/mol. The van der Waals surface area contributed by atoms with Gasteiger partial charge in [0.15, 0.2) is 10.8 Å². The number of hydrogen-bond acceptors (Lipinski definition) is 6. The molecule has 1 atom stereocenters. The molecule has 0 aliphatic carbocycles. The Labute approximate surface area is 169 Å². The van der Waals surface area contributed by atoms with E-state index < -0.39 is 0 Å². The molecule has 1 aromatic carbocycles. The number of anilines is 1. The number of para-hydroxylation sites is 1. The number of nitrogens with zero attached hydrogens (tertiary/aromatic N) is 5. The number of carbonyl (C=O) groups is 1. The minimum atomic E-state index is -0.254. The Morgan fingerprint density at radius 2 is 2.03 bits per heavy atom. The first-order valence-electron chi connectivity index (χ1n) is 9.09. The molecule has 1 amide bonds. The number of fused-ring (bicyclic) bond motifs is 2. The number of hydrogen-bond donors (Lipinski definition) is 1. The summed E-state index contributed by atoms with van der Waals surface area (Å²) < 4.78 is 3.29. The fourth-order valence-corrected chi connectivity index (χ4v) is 4.53. The van der Waals surface area contributed by atoms with Crippen LogP contribution in [0.3, 0.4) is 0 Å². The smallest absolute Gasteiger partial charge is 0.265 e. The lowest BCUT2D eigenvalue weighted by Gasteiger charge is -2.13. The molecule has 29 heavy (non-hydrogen) atoms. The molecule has 1 N–H and O–H groups in total. The Hall–Kier alpha value is -3.46. The van der Waals surface area contributed by atoms with Crippen molar-refractivity contribution >= 4 is 34.4 Å². The number of nitrogens with one attached hydrogen (secondary N) is 1. The predicted molar refractivity (Wildman–Crippen MR) is 110 cm³/mol. The number of benzene rings is 1. The highest BCUT2D eigenvalue weighted by atomic mass is 32.2. The zero-order valence-corrected chi connectivity index (χ0v) is 16.0. The molecule has 0 spiro atoms. The number of amides is 1. The van der Waals surface area contributed by atoms with Gasteiger partial charge in [-0.15, -0.1) is 0 Å². The first kappa shape index (κ1) is 17.6. The summed E-state index contributed by atoms with van der Waals surface area (Å²) in [6, 6.07) is 12.9. The van der Waals surface area contributed by atoms with Crippen LogP contribution in [0.4, 0.5) is 5.69 Å². The van der Waals surface area contributed by atoms with Gasteiger partial charge >= 0.3 is 0 Å². The Morgan fingerprint density at radius 3 is 2.83 bits per heavy atom. The maximum Gasteiger partial charge on any atom is 0.265 e. The van der Waals surface area contributed by atoms with E-state index in [2.05, 4.69) is 20.4 Å². The second-order valence-electron chi connectivity index (χ2n) is 6.66. The number of carbonyl (C=O) groups excluding carboxylic acids is 1. The van der Waals surface area contributed by atoms with Gasteiger partial charge in [-0.05, 0) is 24.3 Å². The van der Waals surface area contributed by atoms with E-state index >= 15 is 0 Å². The van der Waals surface area contributed by atoms with E-state index in [9.17, 15) is 9.59 Å². The fourth-order valence-electron chi connectivity index (χ4n) is 3.40. The molecule has 5 rings (SSSR count). The van der Waals surface area contributed by atoms with E-state index in [1.54, 1.807) is 40.0 Å². The summed E-state index contributed by atoms with van der Waals surface area (Å²) >= 11 is 1.48. The van der Waals surface area contributed by atoms with Crippen molar-refractivity contribution in [3.63, 3.8) is 0 Å². The van der Waals surface area contributed by atoms with Gasteiger partial charge < -0.3 is 5.32 Å². The standard InChI is InChI=1S/C20H16N6O2S/c27-17(23-13-5-4-8-21-10-13)9-15-12-29-20-24-18-16(19(28)25(15)20)11-22-26(18)14-6-2-1-3-7-14/h1-8,10-11,15H,9,12H2,(H,23,27). The average Bonchev–Trinajstić information content (AvgIpc) is 3.34. The highest BCUT2D eigenvalue weighted by Gasteiger charge is 2.29. The SMILES string of the molecule is O=C(CC1CSc2nc3c(cnn3-c3ccccc3)c(=O)n21)Nc1cccnc1. The number of rotatable bonds is 4. The molecule has 1 aliphatic rings. The molecule has 1 aliphatic heterocycles. The Kier molecular flexibility index (Phi) is 4.36. The molecule has 1 unspecified atom stereocenters. The molecular weight excluding hydrogens is 388 g/mol. The van der Waals surface area contributed by atoms with Crippen LogP contribution in [0.1, 0.15) is 12.5 Å². The molecule has 8 nitrogen and oxygen atoms in total. The van der Waals surface area contributed by atoms with E-state index in [0.717, 1.165) is 5.69 Å². The summed E-state index contributed by atoms with van der Waals surface area (Å²) in [5.74, 6) is 0.456. The van der Waals surface area contributed by atoms with Crippen molar-refractivity contribution in [2.45, 2.75) is 17.6 Å². The van der Waals surface area contributed by atoms with Crippen LogP contribution in [0.15, 0.2) is 71.0 Å². The summed E-state index contributed by atoms with van der Waals surface area (Å²) in [5.41, 5.74) is 1.83. The minimum absolute atomic E-state index is 0.163. The Bertz CT molecular complexity index is 1250. The van der Waals surface area contributed by atoms with Crippen LogP contribution in [0.25, 0.3) is 16.7 Å². The third kappa shape index (κ3) is 3.19. The van der Waals surface area contributed by atoms with E-state index in [0.29, 0.717) is 27.6 Å². The molecule has 0 bridgehead atoms. The van der Waals surface area contributed by atoms with E-state index in [4.69, 9.17) is 0 Å². The van der Waals surface area contributed by atoms with Gasteiger partial charge in [0, 0.05) is 18.4 Å². The molecule has 4 aromatic rings. The number of aromatic nitrogens is 5. The van der Waals surface area contributed by atoms with Crippen molar-refractivity contribution in [3.8, 4) is 5.69 Å². The lowest BCUT2D eigenvalue weighted by molar-refractivity contribution is -0.116. The summed E-state index contributed by atoms with van der Waals surface area (Å²) in [5, 5.41) is 8.23. The molecule has 0 saturated heterocycles. The Morgan fingerprint density at radius 1 is 1.17 bits per heavy atom. The van der Waals surface area contributed by atoms with Crippen LogP contribution in [0.2, 0.25) is 0 Å². The lowest BCUT2D eigenvalue weighted by atomic mass is 10.2. The predicted octanol–water partition coefficient (Wildman–Crippen LogP) is 2.65. The number of pyridine rings is 1. The molecule has 144 valence electrons. The summed E-state index contributed by atoms with van der Waals surface area (Å²) in [4.78, 5) is 34.2. The molecular formula is C20H16N6O2S. The highest BCUT2D eigenvalue weighted by molar-refractivity contribution is 7.99. The number of thioether (sulfide) groups is 1. The second kappa shape index (κ2) is 7.17. The van der Waals surface area contributed by atoms with E-state index in [-0.39, 0.29) is 23.9 Å². The molecule has 4 heterocycles. The van der Waals surface area contributed by atoms with Crippen molar-refractivity contribution in [1.29, 1.82) is 0 Å². The highest BCUT2D eigenvalue weighted by Crippen LogP contribution is 2.33. The molecule has 0 saturated carbocycles. The van der Waals surface area contributed by atoms with E-state index in [1.165, 1.54) is 11.8 Å².